The zero-order valence-corrected chi connectivity index (χ0v) is 28.2. The van der Waals surface area contributed by atoms with E-state index >= 15 is 0 Å². The second-order valence-corrected chi connectivity index (χ2v) is 12.9. The van der Waals surface area contributed by atoms with E-state index in [1.54, 1.807) is 24.3 Å². The Hall–Kier alpha value is -4.60. The highest BCUT2D eigenvalue weighted by Crippen LogP contribution is 2.19. The van der Waals surface area contributed by atoms with Crippen LogP contribution in [0.15, 0.2) is 53.9 Å². The van der Waals surface area contributed by atoms with Gasteiger partial charge >= 0.3 is 0 Å². The van der Waals surface area contributed by atoms with E-state index < -0.39 is 41.6 Å². The summed E-state index contributed by atoms with van der Waals surface area (Å²) < 4.78 is 5.31. The Labute approximate surface area is 289 Å². The highest BCUT2D eigenvalue weighted by atomic mass is 32.1. The van der Waals surface area contributed by atoms with E-state index in [1.165, 1.54) is 16.2 Å². The molecule has 49 heavy (non-hydrogen) atoms. The number of hydrogen-bond acceptors (Lipinski definition) is 9. The van der Waals surface area contributed by atoms with E-state index in [0.717, 1.165) is 17.0 Å². The number of piperidine rings is 1. The zero-order chi connectivity index (χ0) is 35.0. The Bertz CT molecular complexity index is 1480. The summed E-state index contributed by atoms with van der Waals surface area (Å²) in [7, 11) is 0. The Morgan fingerprint density at radius 1 is 0.959 bits per heavy atom. The summed E-state index contributed by atoms with van der Waals surface area (Å²) in [4.78, 5) is 81.2. The molecule has 4 rings (SSSR count). The second-order valence-electron chi connectivity index (χ2n) is 11.9. The number of thiophene rings is 1. The van der Waals surface area contributed by atoms with Gasteiger partial charge in [-0.05, 0) is 41.8 Å². The van der Waals surface area contributed by atoms with Gasteiger partial charge in [-0.15, -0.1) is 11.3 Å². The smallest absolute Gasteiger partial charge is 0.246 e. The second kappa shape index (κ2) is 19.4. The van der Waals surface area contributed by atoms with Crippen LogP contribution in [0, 0.1) is 5.92 Å². The molecule has 14 nitrogen and oxygen atoms in total. The van der Waals surface area contributed by atoms with Crippen molar-refractivity contribution in [3.05, 3.63) is 69.9 Å². The predicted molar refractivity (Wildman–Crippen MR) is 183 cm³/mol. The lowest BCUT2D eigenvalue weighted by Crippen LogP contribution is -2.52. The molecule has 0 unspecified atom stereocenters. The number of ether oxygens (including phenoxy) is 1. The van der Waals surface area contributed by atoms with E-state index in [1.807, 2.05) is 17.5 Å². The van der Waals surface area contributed by atoms with Crippen molar-refractivity contribution < 1.29 is 33.5 Å². The molecule has 7 N–H and O–H groups in total. The zero-order valence-electron chi connectivity index (χ0n) is 27.4. The number of nitrogens with two attached hydrogens (primary N) is 1. The number of hydrogen-bond donors (Lipinski definition) is 6. The first-order valence-electron chi connectivity index (χ1n) is 16.5. The maximum absolute atomic E-state index is 13.6. The molecule has 1 fully saturated rings. The third-order valence-corrected chi connectivity index (χ3v) is 9.11. The van der Waals surface area contributed by atoms with E-state index in [4.69, 9.17) is 10.5 Å². The van der Waals surface area contributed by atoms with E-state index in [2.05, 4.69) is 26.6 Å². The first kappa shape index (κ1) is 37.2. The largest absolute Gasteiger partial charge is 0.378 e. The van der Waals surface area contributed by atoms with Gasteiger partial charge in [0.15, 0.2) is 0 Å². The van der Waals surface area contributed by atoms with Crippen LogP contribution in [-0.4, -0.2) is 98.4 Å². The molecule has 0 radical (unpaired) electrons. The van der Waals surface area contributed by atoms with Gasteiger partial charge in [0.05, 0.1) is 25.6 Å². The Balaban J connectivity index is 1.54. The lowest BCUT2D eigenvalue weighted by molar-refractivity contribution is -0.135. The first-order chi connectivity index (χ1) is 23.7. The minimum atomic E-state index is -0.968. The van der Waals surface area contributed by atoms with Gasteiger partial charge in [-0.3, -0.25) is 28.8 Å². The highest BCUT2D eigenvalue weighted by molar-refractivity contribution is 7.09. The van der Waals surface area contributed by atoms with Gasteiger partial charge in [-0.1, -0.05) is 30.3 Å². The average molecular weight is 696 g/mol. The summed E-state index contributed by atoms with van der Waals surface area (Å²) >= 11 is 1.48. The van der Waals surface area contributed by atoms with Gasteiger partial charge in [0.1, 0.15) is 12.1 Å². The summed E-state index contributed by atoms with van der Waals surface area (Å²) in [6, 6.07) is 9.10. The number of nitrogens with one attached hydrogen (secondary N) is 5. The lowest BCUT2D eigenvalue weighted by Gasteiger charge is -2.32. The summed E-state index contributed by atoms with van der Waals surface area (Å²) in [5, 5.41) is 15.9. The average Bonchev–Trinajstić information content (AvgIpc) is 3.62. The Kier molecular flexibility index (Phi) is 14.7. The number of nitrogens with zero attached hydrogens (tertiary/aromatic N) is 1. The number of rotatable bonds is 8. The van der Waals surface area contributed by atoms with E-state index in [0.29, 0.717) is 43.7 Å². The van der Waals surface area contributed by atoms with Crippen molar-refractivity contribution >= 4 is 46.8 Å². The fraction of sp³-hybridized carbons (Fsp3) is 0.471. The SMILES string of the molecule is NCCOCCNC(=O)[C@@H]1CCNC(=O)/C=C/C(=O)N2CCC[C@H](C2)C(=O)N[C@@H](Cc2cccs2)C(=O)NCc2ccccc2CC(=O)N1. The Morgan fingerprint density at radius 3 is 2.55 bits per heavy atom. The van der Waals surface area contributed by atoms with Gasteiger partial charge in [0, 0.05) is 62.7 Å². The maximum atomic E-state index is 13.6. The minimum absolute atomic E-state index is 0.0423. The number of carbonyl (C=O) groups excluding carboxylic acids is 6. The summed E-state index contributed by atoms with van der Waals surface area (Å²) in [6.07, 6.45) is 3.71. The van der Waals surface area contributed by atoms with Crippen LogP contribution in [0.2, 0.25) is 0 Å². The molecule has 0 saturated carbocycles. The third-order valence-electron chi connectivity index (χ3n) is 8.21. The quantitative estimate of drug-likeness (QED) is 0.199. The monoisotopic (exact) mass is 695 g/mol. The van der Waals surface area contributed by atoms with E-state index in [-0.39, 0.29) is 63.9 Å². The molecule has 2 bridgehead atoms. The highest BCUT2D eigenvalue weighted by Gasteiger charge is 2.31. The summed E-state index contributed by atoms with van der Waals surface area (Å²) in [5.41, 5.74) is 6.79. The van der Waals surface area contributed by atoms with Crippen LogP contribution in [0.4, 0.5) is 0 Å². The van der Waals surface area contributed by atoms with Gasteiger partial charge in [0.2, 0.25) is 35.4 Å². The number of benzene rings is 1. The molecule has 2 aliphatic heterocycles. The Morgan fingerprint density at radius 2 is 1.78 bits per heavy atom. The van der Waals surface area contributed by atoms with Gasteiger partial charge < -0.3 is 42.0 Å². The topological polar surface area (TPSA) is 201 Å². The molecule has 1 aromatic heterocycles. The molecule has 264 valence electrons. The molecule has 3 heterocycles. The van der Waals surface area contributed by atoms with Crippen LogP contribution in [-0.2, 0) is 52.9 Å². The van der Waals surface area contributed by atoms with Crippen LogP contribution >= 0.6 is 11.3 Å². The van der Waals surface area contributed by atoms with Gasteiger partial charge in [-0.25, -0.2) is 0 Å². The number of carbonyl (C=O) groups is 6. The van der Waals surface area contributed by atoms with Crippen molar-refractivity contribution in [2.24, 2.45) is 11.7 Å². The molecule has 1 aromatic carbocycles. The fourth-order valence-corrected chi connectivity index (χ4v) is 6.37. The number of fused-ring (bicyclic) bond motifs is 3. The van der Waals surface area contributed by atoms with Crippen LogP contribution in [0.1, 0.15) is 35.3 Å². The third kappa shape index (κ3) is 12.1. The fourth-order valence-electron chi connectivity index (χ4n) is 5.62. The molecule has 0 aliphatic carbocycles. The van der Waals surface area contributed by atoms with Crippen LogP contribution in [0.5, 0.6) is 0 Å². The molecular formula is C34H45N7O7S. The van der Waals surface area contributed by atoms with Crippen LogP contribution in [0.3, 0.4) is 0 Å². The summed E-state index contributed by atoms with van der Waals surface area (Å²) in [5.74, 6) is -3.06. The van der Waals surface area contributed by atoms with Crippen molar-refractivity contribution in [3.8, 4) is 0 Å². The predicted octanol–water partition coefficient (Wildman–Crippen LogP) is -0.475. The lowest BCUT2D eigenvalue weighted by atomic mass is 9.96. The van der Waals surface area contributed by atoms with Crippen molar-refractivity contribution in [3.63, 3.8) is 0 Å². The molecule has 2 aromatic rings. The molecule has 0 spiro atoms. The van der Waals surface area contributed by atoms with Crippen molar-refractivity contribution in [1.29, 1.82) is 0 Å². The molecule has 1 saturated heterocycles. The van der Waals surface area contributed by atoms with Gasteiger partial charge in [0.25, 0.3) is 0 Å². The minimum Gasteiger partial charge on any atom is -0.378 e. The standard InChI is InChI=1S/C34H45N7O7S/c35-12-16-48-17-14-37-33(46)27-11-13-36-29(42)9-10-31(44)41-15-3-7-25(22-41)32(45)40-28(20-26-8-4-18-49-26)34(47)38-21-24-6-2-1-5-23(24)19-30(43)39-27/h1-2,4-6,8-10,18,25,27-28H,3,7,11-17,19-22,35H2,(H,36,42)(H,37,46)(H,38,47)(H,39,43)(H,40,45)/b10-9+/t25-,27+,28+/m1/s1. The molecule has 6 amide bonds. The number of amides is 6. The van der Waals surface area contributed by atoms with Crippen molar-refractivity contribution in [1.82, 2.24) is 31.5 Å². The van der Waals surface area contributed by atoms with Crippen molar-refractivity contribution in [2.45, 2.75) is 50.7 Å². The van der Waals surface area contributed by atoms with E-state index in [9.17, 15) is 28.8 Å². The van der Waals surface area contributed by atoms with Crippen molar-refractivity contribution in [2.75, 3.05) is 45.9 Å². The molecule has 2 aliphatic rings. The maximum Gasteiger partial charge on any atom is 0.246 e. The normalized spacial score (nSPS) is 22.3. The molecule has 15 heteroatoms. The molecule has 3 atom stereocenters. The van der Waals surface area contributed by atoms with Gasteiger partial charge in [-0.2, -0.15) is 0 Å². The summed E-state index contributed by atoms with van der Waals surface area (Å²) in [6.45, 7) is 1.88. The molecular weight excluding hydrogens is 650 g/mol. The first-order valence-corrected chi connectivity index (χ1v) is 17.4. The van der Waals surface area contributed by atoms with Crippen LogP contribution in [0.25, 0.3) is 0 Å². The van der Waals surface area contributed by atoms with Crippen LogP contribution < -0.4 is 32.3 Å².